The first-order chi connectivity index (χ1) is 12.2. The SMILES string of the molecule is Cn1c(COc2ccccc2)nnc1SCC(=O)Nc1ccccc1. The predicted molar refractivity (Wildman–Crippen MR) is 97.6 cm³/mol. The van der Waals surface area contributed by atoms with Gasteiger partial charge in [-0.05, 0) is 24.3 Å². The molecule has 1 amide bonds. The Labute approximate surface area is 150 Å². The summed E-state index contributed by atoms with van der Waals surface area (Å²) in [6, 6.07) is 18.9. The van der Waals surface area contributed by atoms with Crippen molar-refractivity contribution in [3.05, 3.63) is 66.5 Å². The second kappa shape index (κ2) is 8.34. The molecule has 1 aromatic heterocycles. The van der Waals surface area contributed by atoms with E-state index in [9.17, 15) is 4.79 Å². The van der Waals surface area contributed by atoms with Crippen molar-refractivity contribution in [3.8, 4) is 5.75 Å². The van der Waals surface area contributed by atoms with Crippen LogP contribution >= 0.6 is 11.8 Å². The minimum absolute atomic E-state index is 0.0821. The molecule has 1 heterocycles. The van der Waals surface area contributed by atoms with E-state index in [4.69, 9.17) is 4.74 Å². The molecule has 0 aliphatic rings. The topological polar surface area (TPSA) is 69.0 Å². The molecule has 3 aromatic rings. The fraction of sp³-hybridized carbons (Fsp3) is 0.167. The van der Waals surface area contributed by atoms with Crippen LogP contribution in [0.4, 0.5) is 5.69 Å². The number of thioether (sulfide) groups is 1. The molecule has 25 heavy (non-hydrogen) atoms. The third-order valence-corrected chi connectivity index (χ3v) is 4.45. The molecular weight excluding hydrogens is 336 g/mol. The summed E-state index contributed by atoms with van der Waals surface area (Å²) in [6.07, 6.45) is 0. The number of nitrogens with zero attached hydrogens (tertiary/aromatic N) is 3. The molecule has 7 heteroatoms. The Bertz CT molecular complexity index is 822. The number of para-hydroxylation sites is 2. The normalized spacial score (nSPS) is 10.4. The Morgan fingerprint density at radius 1 is 1.08 bits per heavy atom. The molecule has 0 atom stereocenters. The van der Waals surface area contributed by atoms with Gasteiger partial charge < -0.3 is 14.6 Å². The number of carbonyl (C=O) groups is 1. The van der Waals surface area contributed by atoms with Crippen LogP contribution < -0.4 is 10.1 Å². The zero-order valence-electron chi connectivity index (χ0n) is 13.8. The summed E-state index contributed by atoms with van der Waals surface area (Å²) in [7, 11) is 1.86. The Hall–Kier alpha value is -2.80. The van der Waals surface area contributed by atoms with Crippen LogP contribution in [0.3, 0.4) is 0 Å². The number of ether oxygens (including phenoxy) is 1. The fourth-order valence-corrected chi connectivity index (χ4v) is 2.84. The summed E-state index contributed by atoms with van der Waals surface area (Å²) in [4.78, 5) is 12.0. The van der Waals surface area contributed by atoms with Crippen molar-refractivity contribution in [2.75, 3.05) is 11.1 Å². The molecule has 1 N–H and O–H groups in total. The van der Waals surface area contributed by atoms with Crippen LogP contribution in [-0.4, -0.2) is 26.4 Å². The van der Waals surface area contributed by atoms with Crippen LogP contribution in [0, 0.1) is 0 Å². The summed E-state index contributed by atoms with van der Waals surface area (Å²) < 4.78 is 7.52. The third kappa shape index (κ3) is 4.84. The average Bonchev–Trinajstić information content (AvgIpc) is 3.00. The number of rotatable bonds is 7. The molecule has 0 aliphatic carbocycles. The van der Waals surface area contributed by atoms with Crippen LogP contribution in [0.5, 0.6) is 5.75 Å². The highest BCUT2D eigenvalue weighted by Crippen LogP contribution is 2.17. The predicted octanol–water partition coefficient (Wildman–Crippen LogP) is 3.12. The number of hydrogen-bond acceptors (Lipinski definition) is 5. The number of anilines is 1. The Balaban J connectivity index is 1.51. The lowest BCUT2D eigenvalue weighted by atomic mass is 10.3. The standard InChI is InChI=1S/C18H18N4O2S/c1-22-16(12-24-15-10-6-3-7-11-15)20-21-18(22)25-13-17(23)19-14-8-4-2-5-9-14/h2-11H,12-13H2,1H3,(H,19,23). The van der Waals surface area contributed by atoms with Gasteiger partial charge in [-0.1, -0.05) is 48.2 Å². The first-order valence-electron chi connectivity index (χ1n) is 7.76. The number of nitrogens with one attached hydrogen (secondary N) is 1. The highest BCUT2D eigenvalue weighted by atomic mass is 32.2. The number of amides is 1. The molecule has 0 radical (unpaired) electrons. The highest BCUT2D eigenvalue weighted by Gasteiger charge is 2.12. The Morgan fingerprint density at radius 2 is 1.76 bits per heavy atom. The van der Waals surface area contributed by atoms with Crippen molar-refractivity contribution >= 4 is 23.4 Å². The van der Waals surface area contributed by atoms with Crippen LogP contribution in [0.25, 0.3) is 0 Å². The van der Waals surface area contributed by atoms with Crippen LogP contribution in [0.1, 0.15) is 5.82 Å². The van der Waals surface area contributed by atoms with Gasteiger partial charge in [0.25, 0.3) is 0 Å². The lowest BCUT2D eigenvalue weighted by Gasteiger charge is -2.07. The maximum atomic E-state index is 12.0. The monoisotopic (exact) mass is 354 g/mol. The molecule has 2 aromatic carbocycles. The molecule has 0 fully saturated rings. The smallest absolute Gasteiger partial charge is 0.234 e. The van der Waals surface area contributed by atoms with Crippen molar-refractivity contribution < 1.29 is 9.53 Å². The van der Waals surface area contributed by atoms with E-state index in [0.29, 0.717) is 17.6 Å². The van der Waals surface area contributed by atoms with Crippen molar-refractivity contribution in [2.24, 2.45) is 7.05 Å². The van der Waals surface area contributed by atoms with Gasteiger partial charge in [-0.15, -0.1) is 10.2 Å². The van der Waals surface area contributed by atoms with Crippen LogP contribution in [0.15, 0.2) is 65.8 Å². The van der Waals surface area contributed by atoms with E-state index in [0.717, 1.165) is 11.4 Å². The van der Waals surface area contributed by atoms with Gasteiger partial charge in [-0.2, -0.15) is 0 Å². The van der Waals surface area contributed by atoms with Gasteiger partial charge in [0.2, 0.25) is 5.91 Å². The molecule has 0 unspecified atom stereocenters. The summed E-state index contributed by atoms with van der Waals surface area (Å²) in [5, 5.41) is 11.8. The zero-order valence-corrected chi connectivity index (χ0v) is 14.6. The first-order valence-corrected chi connectivity index (χ1v) is 8.75. The van der Waals surface area contributed by atoms with E-state index in [-0.39, 0.29) is 11.7 Å². The molecule has 0 spiro atoms. The van der Waals surface area contributed by atoms with E-state index in [1.165, 1.54) is 11.8 Å². The molecule has 128 valence electrons. The van der Waals surface area contributed by atoms with E-state index >= 15 is 0 Å². The molecule has 0 aliphatic heterocycles. The van der Waals surface area contributed by atoms with Crippen molar-refractivity contribution in [2.45, 2.75) is 11.8 Å². The van der Waals surface area contributed by atoms with Crippen molar-refractivity contribution in [1.29, 1.82) is 0 Å². The molecule has 3 rings (SSSR count). The van der Waals surface area contributed by atoms with E-state index in [2.05, 4.69) is 15.5 Å². The average molecular weight is 354 g/mol. The van der Waals surface area contributed by atoms with Gasteiger partial charge in [-0.3, -0.25) is 4.79 Å². The number of benzene rings is 2. The quantitative estimate of drug-likeness (QED) is 0.660. The Kier molecular flexibility index (Phi) is 5.69. The summed E-state index contributed by atoms with van der Waals surface area (Å²) in [5.74, 6) is 1.67. The fourth-order valence-electron chi connectivity index (χ4n) is 2.11. The minimum atomic E-state index is -0.0821. The first kappa shape index (κ1) is 17.0. The molecule has 0 saturated carbocycles. The summed E-state index contributed by atoms with van der Waals surface area (Å²) in [6.45, 7) is 0.324. The van der Waals surface area contributed by atoms with Gasteiger partial charge in [-0.25, -0.2) is 0 Å². The van der Waals surface area contributed by atoms with Gasteiger partial charge in [0.15, 0.2) is 11.0 Å². The lowest BCUT2D eigenvalue weighted by Crippen LogP contribution is -2.14. The largest absolute Gasteiger partial charge is 0.486 e. The number of carbonyl (C=O) groups excluding carboxylic acids is 1. The minimum Gasteiger partial charge on any atom is -0.486 e. The van der Waals surface area contributed by atoms with Crippen molar-refractivity contribution in [1.82, 2.24) is 14.8 Å². The van der Waals surface area contributed by atoms with Crippen LogP contribution in [-0.2, 0) is 18.4 Å². The number of hydrogen-bond donors (Lipinski definition) is 1. The summed E-state index contributed by atoms with van der Waals surface area (Å²) in [5.41, 5.74) is 0.781. The highest BCUT2D eigenvalue weighted by molar-refractivity contribution is 7.99. The summed E-state index contributed by atoms with van der Waals surface area (Å²) >= 11 is 1.34. The maximum Gasteiger partial charge on any atom is 0.234 e. The van der Waals surface area contributed by atoms with Gasteiger partial charge in [0.1, 0.15) is 12.4 Å². The molecule has 0 bridgehead atoms. The molecule has 6 nitrogen and oxygen atoms in total. The van der Waals surface area contributed by atoms with E-state index in [1.54, 1.807) is 0 Å². The third-order valence-electron chi connectivity index (χ3n) is 3.43. The van der Waals surface area contributed by atoms with Crippen molar-refractivity contribution in [3.63, 3.8) is 0 Å². The van der Waals surface area contributed by atoms with Gasteiger partial charge >= 0.3 is 0 Å². The van der Waals surface area contributed by atoms with E-state index < -0.39 is 0 Å². The Morgan fingerprint density at radius 3 is 2.48 bits per heavy atom. The molecule has 0 saturated heterocycles. The second-order valence-corrected chi connectivity index (χ2v) is 6.20. The lowest BCUT2D eigenvalue weighted by molar-refractivity contribution is -0.113. The van der Waals surface area contributed by atoms with E-state index in [1.807, 2.05) is 72.3 Å². The van der Waals surface area contributed by atoms with Gasteiger partial charge in [0, 0.05) is 12.7 Å². The maximum absolute atomic E-state index is 12.0. The van der Waals surface area contributed by atoms with Gasteiger partial charge in [0.05, 0.1) is 5.75 Å². The second-order valence-electron chi connectivity index (χ2n) is 5.26. The zero-order chi connectivity index (χ0) is 17.5. The van der Waals surface area contributed by atoms with Crippen LogP contribution in [0.2, 0.25) is 0 Å². The number of aromatic nitrogens is 3. The molecular formula is C18H18N4O2S.